The molecule has 0 aliphatic carbocycles. The van der Waals surface area contributed by atoms with Gasteiger partial charge in [0.2, 0.25) is 0 Å². The van der Waals surface area contributed by atoms with Crippen molar-refractivity contribution in [1.82, 2.24) is 4.90 Å². The minimum Gasteiger partial charge on any atom is -0.497 e. The molecule has 1 unspecified atom stereocenters. The number of hydrogen-bond acceptors (Lipinski definition) is 4. The van der Waals surface area contributed by atoms with Gasteiger partial charge in [-0.1, -0.05) is 18.2 Å². The van der Waals surface area contributed by atoms with Crippen molar-refractivity contribution in [2.45, 2.75) is 12.6 Å². The number of morpholine rings is 1. The van der Waals surface area contributed by atoms with Crippen LogP contribution in [0.5, 0.6) is 11.5 Å². The molecule has 2 aromatic rings. The fourth-order valence-electron chi connectivity index (χ4n) is 2.95. The second-order valence-electron chi connectivity index (χ2n) is 5.82. The van der Waals surface area contributed by atoms with Crippen molar-refractivity contribution in [2.24, 2.45) is 0 Å². The zero-order valence-electron chi connectivity index (χ0n) is 14.0. The normalized spacial score (nSPS) is 18.4. The molecular formula is C19H22FNO3. The van der Waals surface area contributed by atoms with Crippen LogP contribution in [0.15, 0.2) is 42.5 Å². The topological polar surface area (TPSA) is 30.9 Å². The first kappa shape index (κ1) is 16.7. The van der Waals surface area contributed by atoms with E-state index in [1.807, 2.05) is 18.2 Å². The number of rotatable bonds is 5. The van der Waals surface area contributed by atoms with Crippen LogP contribution in [0.2, 0.25) is 0 Å². The summed E-state index contributed by atoms with van der Waals surface area (Å²) < 4.78 is 29.7. The third kappa shape index (κ3) is 3.86. The summed E-state index contributed by atoms with van der Waals surface area (Å²) in [5.41, 5.74) is 2.11. The van der Waals surface area contributed by atoms with Crippen LogP contribution < -0.4 is 9.47 Å². The van der Waals surface area contributed by atoms with Crippen molar-refractivity contribution in [3.05, 3.63) is 59.4 Å². The van der Waals surface area contributed by atoms with Crippen molar-refractivity contribution >= 4 is 0 Å². The molecule has 0 amide bonds. The lowest BCUT2D eigenvalue weighted by molar-refractivity contribution is -0.0331. The molecule has 0 spiro atoms. The van der Waals surface area contributed by atoms with E-state index < -0.39 is 0 Å². The van der Waals surface area contributed by atoms with Gasteiger partial charge in [0.05, 0.1) is 26.9 Å². The minimum absolute atomic E-state index is 0.0383. The molecule has 1 saturated heterocycles. The first-order valence-corrected chi connectivity index (χ1v) is 8.00. The monoisotopic (exact) mass is 331 g/mol. The van der Waals surface area contributed by atoms with Gasteiger partial charge in [0.25, 0.3) is 0 Å². The molecule has 24 heavy (non-hydrogen) atoms. The van der Waals surface area contributed by atoms with Crippen LogP contribution in [0, 0.1) is 5.82 Å². The molecule has 0 saturated carbocycles. The second kappa shape index (κ2) is 7.64. The van der Waals surface area contributed by atoms with E-state index in [0.717, 1.165) is 42.3 Å². The van der Waals surface area contributed by atoms with Gasteiger partial charge in [-0.15, -0.1) is 0 Å². The molecule has 0 N–H and O–H groups in total. The molecule has 0 bridgehead atoms. The second-order valence-corrected chi connectivity index (χ2v) is 5.82. The number of ether oxygens (including phenoxy) is 3. The van der Waals surface area contributed by atoms with Gasteiger partial charge in [-0.05, 0) is 23.8 Å². The summed E-state index contributed by atoms with van der Waals surface area (Å²) in [6.07, 6.45) is -0.0383. The number of benzene rings is 2. The highest BCUT2D eigenvalue weighted by Gasteiger charge is 2.23. The molecule has 128 valence electrons. The summed E-state index contributed by atoms with van der Waals surface area (Å²) in [6, 6.07) is 12.4. The number of nitrogens with zero attached hydrogens (tertiary/aromatic N) is 1. The highest BCUT2D eigenvalue weighted by Crippen LogP contribution is 2.28. The predicted molar refractivity (Wildman–Crippen MR) is 89.9 cm³/mol. The molecule has 4 nitrogen and oxygen atoms in total. The Labute approximate surface area is 141 Å². The van der Waals surface area contributed by atoms with E-state index in [9.17, 15) is 4.39 Å². The lowest BCUT2D eigenvalue weighted by atomic mass is 10.1. The quantitative estimate of drug-likeness (QED) is 0.840. The lowest BCUT2D eigenvalue weighted by Gasteiger charge is -2.33. The van der Waals surface area contributed by atoms with Crippen LogP contribution in [0.4, 0.5) is 4.39 Å². The minimum atomic E-state index is -0.227. The average Bonchev–Trinajstić information content (AvgIpc) is 2.63. The van der Waals surface area contributed by atoms with Gasteiger partial charge in [0.15, 0.2) is 0 Å². The Morgan fingerprint density at radius 1 is 1.12 bits per heavy atom. The first-order chi connectivity index (χ1) is 11.7. The van der Waals surface area contributed by atoms with Gasteiger partial charge in [0.1, 0.15) is 17.3 Å². The Kier molecular flexibility index (Phi) is 5.33. The van der Waals surface area contributed by atoms with E-state index in [-0.39, 0.29) is 11.9 Å². The summed E-state index contributed by atoms with van der Waals surface area (Å²) in [4.78, 5) is 2.32. The van der Waals surface area contributed by atoms with E-state index in [1.165, 1.54) is 12.1 Å². The van der Waals surface area contributed by atoms with Crippen LogP contribution in [-0.4, -0.2) is 38.8 Å². The molecule has 3 rings (SSSR count). The van der Waals surface area contributed by atoms with Crippen LogP contribution in [-0.2, 0) is 11.3 Å². The Balaban J connectivity index is 1.70. The zero-order chi connectivity index (χ0) is 16.9. The molecule has 1 fully saturated rings. The third-order valence-electron chi connectivity index (χ3n) is 4.28. The highest BCUT2D eigenvalue weighted by atomic mass is 19.1. The maximum atomic E-state index is 13.1. The van der Waals surface area contributed by atoms with Gasteiger partial charge < -0.3 is 14.2 Å². The van der Waals surface area contributed by atoms with Crippen molar-refractivity contribution < 1.29 is 18.6 Å². The molecule has 2 aromatic carbocycles. The summed E-state index contributed by atoms with van der Waals surface area (Å²) >= 11 is 0. The van der Waals surface area contributed by atoms with E-state index in [0.29, 0.717) is 6.61 Å². The average molecular weight is 331 g/mol. The van der Waals surface area contributed by atoms with Crippen molar-refractivity contribution in [2.75, 3.05) is 33.9 Å². The Morgan fingerprint density at radius 3 is 2.62 bits per heavy atom. The van der Waals surface area contributed by atoms with Crippen LogP contribution >= 0.6 is 0 Å². The molecule has 1 atom stereocenters. The maximum absolute atomic E-state index is 13.1. The number of hydrogen-bond donors (Lipinski definition) is 0. The molecule has 0 aromatic heterocycles. The largest absolute Gasteiger partial charge is 0.497 e. The van der Waals surface area contributed by atoms with Gasteiger partial charge in [-0.25, -0.2) is 4.39 Å². The SMILES string of the molecule is COc1ccc(CN2CCOC(c3ccc(F)cc3)C2)c(OC)c1. The summed E-state index contributed by atoms with van der Waals surface area (Å²) in [6.45, 7) is 3.04. The number of halogens is 1. The van der Waals surface area contributed by atoms with Crippen LogP contribution in [0.3, 0.4) is 0 Å². The zero-order valence-corrected chi connectivity index (χ0v) is 14.0. The van der Waals surface area contributed by atoms with Gasteiger partial charge in [0, 0.05) is 31.3 Å². The predicted octanol–water partition coefficient (Wildman–Crippen LogP) is 3.42. The van der Waals surface area contributed by atoms with E-state index in [2.05, 4.69) is 4.90 Å². The smallest absolute Gasteiger partial charge is 0.127 e. The Hall–Kier alpha value is -2.11. The third-order valence-corrected chi connectivity index (χ3v) is 4.28. The van der Waals surface area contributed by atoms with Gasteiger partial charge >= 0.3 is 0 Å². The van der Waals surface area contributed by atoms with E-state index >= 15 is 0 Å². The molecule has 1 aliphatic rings. The Bertz CT molecular complexity index is 675. The summed E-state index contributed by atoms with van der Waals surface area (Å²) in [5.74, 6) is 1.37. The van der Waals surface area contributed by atoms with Gasteiger partial charge in [-0.2, -0.15) is 0 Å². The first-order valence-electron chi connectivity index (χ1n) is 8.00. The fourth-order valence-corrected chi connectivity index (χ4v) is 2.95. The molecule has 1 heterocycles. The highest BCUT2D eigenvalue weighted by molar-refractivity contribution is 5.40. The van der Waals surface area contributed by atoms with E-state index in [1.54, 1.807) is 26.4 Å². The Morgan fingerprint density at radius 2 is 1.92 bits per heavy atom. The maximum Gasteiger partial charge on any atom is 0.127 e. The summed E-state index contributed by atoms with van der Waals surface area (Å²) in [5, 5.41) is 0. The van der Waals surface area contributed by atoms with Crippen molar-refractivity contribution in [1.29, 1.82) is 0 Å². The standard InChI is InChI=1S/C19H22FNO3/c1-22-17-8-5-15(18(11-17)23-2)12-21-9-10-24-19(13-21)14-3-6-16(20)7-4-14/h3-8,11,19H,9-10,12-13H2,1-2H3. The van der Waals surface area contributed by atoms with Crippen molar-refractivity contribution in [3.8, 4) is 11.5 Å². The van der Waals surface area contributed by atoms with E-state index in [4.69, 9.17) is 14.2 Å². The lowest BCUT2D eigenvalue weighted by Crippen LogP contribution is -2.37. The molecule has 0 radical (unpaired) electrons. The number of methoxy groups -OCH3 is 2. The van der Waals surface area contributed by atoms with Crippen LogP contribution in [0.25, 0.3) is 0 Å². The molecular weight excluding hydrogens is 309 g/mol. The fraction of sp³-hybridized carbons (Fsp3) is 0.368. The molecule has 5 heteroatoms. The van der Waals surface area contributed by atoms with Crippen LogP contribution in [0.1, 0.15) is 17.2 Å². The van der Waals surface area contributed by atoms with Crippen molar-refractivity contribution in [3.63, 3.8) is 0 Å². The van der Waals surface area contributed by atoms with Gasteiger partial charge in [-0.3, -0.25) is 4.90 Å². The summed E-state index contributed by atoms with van der Waals surface area (Å²) in [7, 11) is 3.31. The molecule has 1 aliphatic heterocycles.